The summed E-state index contributed by atoms with van der Waals surface area (Å²) in [6.45, 7) is 2.98. The van der Waals surface area contributed by atoms with Gasteiger partial charge in [0.15, 0.2) is 11.5 Å². The number of nitrogens with one attached hydrogen (secondary N) is 2. The Labute approximate surface area is 182 Å². The summed E-state index contributed by atoms with van der Waals surface area (Å²) in [5, 5.41) is 16.3. The summed E-state index contributed by atoms with van der Waals surface area (Å²) in [6, 6.07) is 11.0. The van der Waals surface area contributed by atoms with Gasteiger partial charge >= 0.3 is 5.97 Å². The van der Waals surface area contributed by atoms with Crippen LogP contribution in [0.1, 0.15) is 22.8 Å². The van der Waals surface area contributed by atoms with Crippen LogP contribution in [0.15, 0.2) is 36.4 Å². The zero-order valence-corrected chi connectivity index (χ0v) is 18.3. The fraction of sp³-hybridized carbons (Fsp3) is 0.409. The van der Waals surface area contributed by atoms with Crippen LogP contribution in [0.3, 0.4) is 0 Å². The molecule has 1 atom stereocenters. The number of anilines is 2. The molecule has 3 N–H and O–H groups in total. The molecule has 0 radical (unpaired) electrons. The Morgan fingerprint density at radius 3 is 2.50 bits per heavy atom. The van der Waals surface area contributed by atoms with Gasteiger partial charge in [-0.2, -0.15) is 0 Å². The lowest BCUT2D eigenvalue weighted by Crippen LogP contribution is -2.21. The Morgan fingerprint density at radius 2 is 1.83 bits per heavy atom. The molecule has 0 aliphatic rings. The van der Waals surface area contributed by atoms with Crippen molar-refractivity contribution >= 4 is 28.9 Å². The van der Waals surface area contributed by atoms with E-state index in [0.29, 0.717) is 35.9 Å². The van der Waals surface area contributed by atoms with Crippen molar-refractivity contribution in [3.05, 3.63) is 47.5 Å². The van der Waals surface area contributed by atoms with Gasteiger partial charge in [0.05, 0.1) is 49.7 Å². The zero-order valence-electron chi connectivity index (χ0n) is 17.5. The van der Waals surface area contributed by atoms with Gasteiger partial charge in [-0.05, 0) is 49.2 Å². The first-order chi connectivity index (χ1) is 14.5. The molecule has 0 fully saturated rings. The largest absolute Gasteiger partial charge is 0.493 e. The minimum Gasteiger partial charge on any atom is -0.493 e. The van der Waals surface area contributed by atoms with E-state index in [1.54, 1.807) is 33.3 Å². The van der Waals surface area contributed by atoms with Crippen LogP contribution in [0.5, 0.6) is 11.5 Å². The van der Waals surface area contributed by atoms with E-state index in [2.05, 4.69) is 10.6 Å². The Hall–Kier alpha value is -2.64. The van der Waals surface area contributed by atoms with E-state index in [1.807, 2.05) is 24.3 Å². The third-order valence-corrected chi connectivity index (χ3v) is 4.77. The number of rotatable bonds is 12. The van der Waals surface area contributed by atoms with Crippen LogP contribution in [0.25, 0.3) is 0 Å². The molecule has 7 nitrogen and oxygen atoms in total. The number of benzene rings is 2. The van der Waals surface area contributed by atoms with E-state index in [4.69, 9.17) is 25.8 Å². The predicted molar refractivity (Wildman–Crippen MR) is 119 cm³/mol. The monoisotopic (exact) mass is 436 g/mol. The van der Waals surface area contributed by atoms with Crippen LogP contribution in [0, 0.1) is 0 Å². The first-order valence-electron chi connectivity index (χ1n) is 9.76. The Morgan fingerprint density at radius 1 is 1.07 bits per heavy atom. The number of ether oxygens (including phenoxy) is 3. The maximum Gasteiger partial charge on any atom is 0.338 e. The topological polar surface area (TPSA) is 89.1 Å². The van der Waals surface area contributed by atoms with Crippen molar-refractivity contribution in [2.75, 3.05) is 50.4 Å². The third-order valence-electron chi connectivity index (χ3n) is 4.41. The fourth-order valence-electron chi connectivity index (χ4n) is 2.85. The number of esters is 1. The van der Waals surface area contributed by atoms with Crippen molar-refractivity contribution in [3.8, 4) is 11.5 Å². The highest BCUT2D eigenvalue weighted by Gasteiger charge is 2.12. The summed E-state index contributed by atoms with van der Waals surface area (Å²) < 4.78 is 15.7. The smallest absolute Gasteiger partial charge is 0.338 e. The molecule has 2 rings (SSSR count). The molecule has 30 heavy (non-hydrogen) atoms. The lowest BCUT2D eigenvalue weighted by atomic mass is 10.1. The highest BCUT2D eigenvalue weighted by molar-refractivity contribution is 6.18. The Bertz CT molecular complexity index is 831. The average Bonchev–Trinajstić information content (AvgIpc) is 2.77. The first kappa shape index (κ1) is 23.6. The maximum atomic E-state index is 12.1. The van der Waals surface area contributed by atoms with Crippen molar-refractivity contribution < 1.29 is 24.1 Å². The highest BCUT2D eigenvalue weighted by Crippen LogP contribution is 2.28. The normalized spacial score (nSPS) is 11.5. The number of hydrogen-bond donors (Lipinski definition) is 3. The molecule has 0 spiro atoms. The van der Waals surface area contributed by atoms with Gasteiger partial charge in [0.1, 0.15) is 0 Å². The molecule has 0 aliphatic carbocycles. The first-order valence-corrected chi connectivity index (χ1v) is 10.3. The lowest BCUT2D eigenvalue weighted by molar-refractivity contribution is 0.0526. The second kappa shape index (κ2) is 12.1. The van der Waals surface area contributed by atoms with Gasteiger partial charge < -0.3 is 30.0 Å². The number of hydrogen-bond acceptors (Lipinski definition) is 7. The van der Waals surface area contributed by atoms with Gasteiger partial charge in [-0.25, -0.2) is 4.79 Å². The zero-order chi connectivity index (χ0) is 21.9. The summed E-state index contributed by atoms with van der Waals surface area (Å²) in [6.07, 6.45) is 0.0570. The molecule has 0 saturated carbocycles. The number of alkyl halides is 1. The molecular weight excluding hydrogens is 408 g/mol. The Kier molecular flexibility index (Phi) is 9.57. The summed E-state index contributed by atoms with van der Waals surface area (Å²) in [7, 11) is 3.22. The van der Waals surface area contributed by atoms with Gasteiger partial charge in [-0.1, -0.05) is 6.07 Å². The number of methoxy groups -OCH3 is 2. The van der Waals surface area contributed by atoms with Crippen LogP contribution in [-0.4, -0.2) is 57.0 Å². The van der Waals surface area contributed by atoms with E-state index in [-0.39, 0.29) is 12.4 Å². The molecule has 8 heteroatoms. The highest BCUT2D eigenvalue weighted by atomic mass is 35.5. The van der Waals surface area contributed by atoms with Gasteiger partial charge in [-0.3, -0.25) is 0 Å². The van der Waals surface area contributed by atoms with Crippen LogP contribution in [0.4, 0.5) is 11.4 Å². The van der Waals surface area contributed by atoms with Gasteiger partial charge in [-0.15, -0.1) is 11.6 Å². The molecule has 1 unspecified atom stereocenters. The van der Waals surface area contributed by atoms with Crippen LogP contribution < -0.4 is 20.1 Å². The maximum absolute atomic E-state index is 12.1. The summed E-state index contributed by atoms with van der Waals surface area (Å²) >= 11 is 5.68. The van der Waals surface area contributed by atoms with Crippen LogP contribution in [0.2, 0.25) is 0 Å². The number of aliphatic hydroxyl groups is 1. The SMILES string of the molecule is CCOC(=O)c1ccc(NCCc2ccc(OC)c(OC)c2)c(NCC(O)CCl)c1. The second-order valence-corrected chi connectivity index (χ2v) is 6.84. The molecular formula is C22H29ClN2O5. The molecule has 0 bridgehead atoms. The van der Waals surface area contributed by atoms with Crippen molar-refractivity contribution in [3.63, 3.8) is 0 Å². The fourth-order valence-corrected chi connectivity index (χ4v) is 2.96. The summed E-state index contributed by atoms with van der Waals surface area (Å²) in [4.78, 5) is 12.1. The molecule has 2 aromatic carbocycles. The third kappa shape index (κ3) is 6.71. The number of carbonyl (C=O) groups excluding carboxylic acids is 1. The Balaban J connectivity index is 2.10. The lowest BCUT2D eigenvalue weighted by Gasteiger charge is -2.17. The van der Waals surface area contributed by atoms with E-state index in [9.17, 15) is 9.90 Å². The van der Waals surface area contributed by atoms with Gasteiger partial charge in [0.2, 0.25) is 0 Å². The minimum absolute atomic E-state index is 0.118. The molecule has 2 aromatic rings. The quantitative estimate of drug-likeness (QED) is 0.346. The van der Waals surface area contributed by atoms with Crippen molar-refractivity contribution in [2.24, 2.45) is 0 Å². The van der Waals surface area contributed by atoms with Crippen molar-refractivity contribution in [1.29, 1.82) is 0 Å². The van der Waals surface area contributed by atoms with E-state index >= 15 is 0 Å². The number of carbonyl (C=O) groups is 1. The van der Waals surface area contributed by atoms with Gasteiger partial charge in [0, 0.05) is 13.1 Å². The summed E-state index contributed by atoms with van der Waals surface area (Å²) in [5.41, 5.74) is 3.03. The molecule has 0 aromatic heterocycles. The molecule has 0 amide bonds. The molecule has 0 aliphatic heterocycles. The van der Waals surface area contributed by atoms with Crippen LogP contribution in [-0.2, 0) is 11.2 Å². The van der Waals surface area contributed by atoms with Gasteiger partial charge in [0.25, 0.3) is 0 Å². The molecule has 0 heterocycles. The van der Waals surface area contributed by atoms with Crippen molar-refractivity contribution in [1.82, 2.24) is 0 Å². The van der Waals surface area contributed by atoms with E-state index in [0.717, 1.165) is 17.7 Å². The van der Waals surface area contributed by atoms with E-state index in [1.165, 1.54) is 0 Å². The standard InChI is InChI=1S/C22H29ClN2O5/c1-4-30-22(27)16-6-7-18(19(12-16)25-14-17(26)13-23)24-10-9-15-5-8-20(28-2)21(11-15)29-3/h5-8,11-12,17,24-26H,4,9-10,13-14H2,1-3H3. The number of aliphatic hydroxyl groups excluding tert-OH is 1. The second-order valence-electron chi connectivity index (χ2n) is 6.54. The van der Waals surface area contributed by atoms with Crippen molar-refractivity contribution in [2.45, 2.75) is 19.4 Å². The number of halogens is 1. The molecule has 0 saturated heterocycles. The minimum atomic E-state index is -0.697. The van der Waals surface area contributed by atoms with E-state index < -0.39 is 12.1 Å². The average molecular weight is 437 g/mol. The predicted octanol–water partition coefficient (Wildman–Crippen LogP) is 3.55. The summed E-state index contributed by atoms with van der Waals surface area (Å²) in [5.74, 6) is 1.10. The van der Waals surface area contributed by atoms with Crippen LogP contribution >= 0.6 is 11.6 Å². The molecule has 164 valence electrons.